The third-order valence-electron chi connectivity index (χ3n) is 7.90. The molecule has 4 atom stereocenters. The Kier molecular flexibility index (Phi) is 7.95. The number of aromatic nitrogens is 2. The van der Waals surface area contributed by atoms with Crippen molar-refractivity contribution < 1.29 is 0 Å². The maximum Gasteiger partial charge on any atom is 0.225 e. The molecule has 3 aliphatic heterocycles. The molecule has 10 nitrogen and oxygen atoms in total. The van der Waals surface area contributed by atoms with E-state index in [4.69, 9.17) is 26.4 Å². The second-order valence-electron chi connectivity index (χ2n) is 11.4. The van der Waals surface area contributed by atoms with Crippen LogP contribution < -0.4 is 27.0 Å². The van der Waals surface area contributed by atoms with E-state index in [1.807, 2.05) is 6.07 Å². The zero-order chi connectivity index (χ0) is 26.6. The van der Waals surface area contributed by atoms with E-state index in [9.17, 15) is 0 Å². The molecule has 3 fully saturated rings. The van der Waals surface area contributed by atoms with Crippen molar-refractivity contribution in [1.29, 1.82) is 10.7 Å². The van der Waals surface area contributed by atoms with Gasteiger partial charge in [0.05, 0.1) is 11.6 Å². The molecule has 0 saturated carbocycles. The van der Waals surface area contributed by atoms with Crippen molar-refractivity contribution in [2.45, 2.75) is 63.6 Å². The minimum atomic E-state index is 0.187. The van der Waals surface area contributed by atoms with Crippen LogP contribution in [0.5, 0.6) is 0 Å². The van der Waals surface area contributed by atoms with Crippen LogP contribution in [0.2, 0.25) is 0 Å². The van der Waals surface area contributed by atoms with Gasteiger partial charge in [-0.2, -0.15) is 10.2 Å². The number of benzene rings is 1. The SMILES string of the molecule is C/C(N)=C/C(=N)Nc1nc(N[C@@H]2C[C@H]3CC(CCC#N)C[C@@H](C2)N3)nc2cc(NCC3CN(C)C3)ccc12. The molecule has 3 saturated heterocycles. The molecule has 7 N–H and O–H groups in total. The second kappa shape index (κ2) is 11.5. The van der Waals surface area contributed by atoms with Gasteiger partial charge < -0.3 is 31.9 Å². The van der Waals surface area contributed by atoms with Crippen molar-refractivity contribution in [3.05, 3.63) is 30.0 Å². The average molecular weight is 517 g/mol. The molecule has 0 spiro atoms. The number of piperidine rings is 2. The third kappa shape index (κ3) is 6.52. The summed E-state index contributed by atoms with van der Waals surface area (Å²) in [5.41, 5.74) is 8.22. The molecule has 202 valence electrons. The normalized spacial score (nSPS) is 25.9. The maximum absolute atomic E-state index is 8.97. The summed E-state index contributed by atoms with van der Waals surface area (Å²) < 4.78 is 0. The number of hydrogen-bond donors (Lipinski definition) is 6. The smallest absolute Gasteiger partial charge is 0.225 e. The molecule has 1 aromatic heterocycles. The molecule has 0 aliphatic carbocycles. The van der Waals surface area contributed by atoms with Gasteiger partial charge in [0.1, 0.15) is 11.7 Å². The fourth-order valence-electron chi connectivity index (χ4n) is 6.30. The average Bonchev–Trinajstić information content (AvgIpc) is 2.83. The number of nitrogens with two attached hydrogens (primary N) is 1. The van der Waals surface area contributed by atoms with Gasteiger partial charge in [-0.25, -0.2) is 4.98 Å². The highest BCUT2D eigenvalue weighted by molar-refractivity contribution is 6.06. The van der Waals surface area contributed by atoms with Crippen LogP contribution in [-0.4, -0.2) is 65.5 Å². The topological polar surface area (TPSA) is 151 Å². The number of anilines is 3. The van der Waals surface area contributed by atoms with Crippen LogP contribution in [0.4, 0.5) is 17.5 Å². The van der Waals surface area contributed by atoms with Gasteiger partial charge in [0.2, 0.25) is 5.95 Å². The molecule has 0 radical (unpaired) electrons. The summed E-state index contributed by atoms with van der Waals surface area (Å²) in [7, 11) is 2.15. The highest BCUT2D eigenvalue weighted by Crippen LogP contribution is 2.34. The zero-order valence-electron chi connectivity index (χ0n) is 22.4. The summed E-state index contributed by atoms with van der Waals surface area (Å²) >= 11 is 0. The molecule has 4 heterocycles. The monoisotopic (exact) mass is 516 g/mol. The van der Waals surface area contributed by atoms with Crippen molar-refractivity contribution in [2.75, 3.05) is 42.6 Å². The number of nitrogens with one attached hydrogen (secondary N) is 5. The molecule has 2 bridgehead atoms. The lowest BCUT2D eigenvalue weighted by molar-refractivity contribution is 0.144. The van der Waals surface area contributed by atoms with E-state index in [0.29, 0.717) is 47.8 Å². The summed E-state index contributed by atoms with van der Waals surface area (Å²) in [5.74, 6) is 2.66. The molecule has 38 heavy (non-hydrogen) atoms. The highest BCUT2D eigenvalue weighted by Gasteiger charge is 2.35. The minimum absolute atomic E-state index is 0.187. The summed E-state index contributed by atoms with van der Waals surface area (Å²) in [6.07, 6.45) is 7.49. The number of likely N-dealkylation sites (tertiary alicyclic amines) is 1. The molecular weight excluding hydrogens is 476 g/mol. The van der Waals surface area contributed by atoms with Crippen molar-refractivity contribution in [3.63, 3.8) is 0 Å². The Morgan fingerprint density at radius 2 is 1.97 bits per heavy atom. The molecule has 0 amide bonds. The number of nitriles is 1. The van der Waals surface area contributed by atoms with Gasteiger partial charge in [-0.3, -0.25) is 5.41 Å². The summed E-state index contributed by atoms with van der Waals surface area (Å²) in [5, 5.41) is 32.2. The van der Waals surface area contributed by atoms with E-state index < -0.39 is 0 Å². The quantitative estimate of drug-likeness (QED) is 0.217. The van der Waals surface area contributed by atoms with Gasteiger partial charge in [0.15, 0.2) is 0 Å². The number of nitrogens with zero attached hydrogens (tertiary/aromatic N) is 4. The van der Waals surface area contributed by atoms with E-state index in [1.54, 1.807) is 13.0 Å². The predicted molar refractivity (Wildman–Crippen MR) is 153 cm³/mol. The van der Waals surface area contributed by atoms with E-state index in [0.717, 1.165) is 68.3 Å². The highest BCUT2D eigenvalue weighted by atomic mass is 15.2. The van der Waals surface area contributed by atoms with E-state index in [2.05, 4.69) is 51.4 Å². The fourth-order valence-corrected chi connectivity index (χ4v) is 6.30. The largest absolute Gasteiger partial charge is 0.402 e. The van der Waals surface area contributed by atoms with Crippen LogP contribution in [0.15, 0.2) is 30.0 Å². The minimum Gasteiger partial charge on any atom is -0.402 e. The van der Waals surface area contributed by atoms with E-state index >= 15 is 0 Å². The number of hydrogen-bond acceptors (Lipinski definition) is 9. The number of amidine groups is 1. The van der Waals surface area contributed by atoms with Gasteiger partial charge in [0, 0.05) is 66.9 Å². The standard InChI is InChI=1S/C28H40N10/c1-17(30)8-26(31)36-27-24-6-5-20(32-14-19-15-38(2)16-19)13-25(24)35-28(37-27)34-23-11-21-9-18(4-3-7-29)10-22(12-23)33-21/h5-6,8,13,18-19,21-23,32-33H,3-4,9-12,14-16,30H2,1-2H3,(H3,31,34,35,36,37)/b17-8-/t18?,21-,22+,23-. The lowest BCUT2D eigenvalue weighted by Crippen LogP contribution is -2.54. The molecule has 5 rings (SSSR count). The molecule has 1 unspecified atom stereocenters. The zero-order valence-corrected chi connectivity index (χ0v) is 22.4. The first-order valence-electron chi connectivity index (χ1n) is 13.8. The number of fused-ring (bicyclic) bond motifs is 3. The third-order valence-corrected chi connectivity index (χ3v) is 7.90. The molecular formula is C28H40N10. The van der Waals surface area contributed by atoms with Crippen molar-refractivity contribution in [3.8, 4) is 6.07 Å². The first-order valence-corrected chi connectivity index (χ1v) is 13.8. The second-order valence-corrected chi connectivity index (χ2v) is 11.4. The van der Waals surface area contributed by atoms with Crippen molar-refractivity contribution in [2.24, 2.45) is 17.6 Å². The van der Waals surface area contributed by atoms with Crippen LogP contribution in [-0.2, 0) is 0 Å². The molecule has 1 aromatic carbocycles. The van der Waals surface area contributed by atoms with Crippen LogP contribution in [0.3, 0.4) is 0 Å². The fraction of sp³-hybridized carbons (Fsp3) is 0.571. The van der Waals surface area contributed by atoms with Crippen molar-refractivity contribution >= 4 is 34.2 Å². The summed E-state index contributed by atoms with van der Waals surface area (Å²) in [6, 6.07) is 9.62. The lowest BCUT2D eigenvalue weighted by atomic mass is 9.77. The van der Waals surface area contributed by atoms with Crippen LogP contribution in [0, 0.1) is 28.6 Å². The number of allylic oxidation sites excluding steroid dienone is 1. The van der Waals surface area contributed by atoms with Crippen molar-refractivity contribution in [1.82, 2.24) is 20.2 Å². The Hall–Kier alpha value is -3.42. The van der Waals surface area contributed by atoms with Gasteiger partial charge in [-0.05, 0) is 76.3 Å². The Balaban J connectivity index is 1.34. The Morgan fingerprint density at radius 3 is 2.66 bits per heavy atom. The van der Waals surface area contributed by atoms with Crippen LogP contribution in [0.25, 0.3) is 10.9 Å². The Bertz CT molecular complexity index is 1210. The van der Waals surface area contributed by atoms with Gasteiger partial charge in [0.25, 0.3) is 0 Å². The molecule has 3 aliphatic rings. The first kappa shape index (κ1) is 26.2. The van der Waals surface area contributed by atoms with E-state index in [-0.39, 0.29) is 11.9 Å². The summed E-state index contributed by atoms with van der Waals surface area (Å²) in [6.45, 7) is 4.95. The maximum atomic E-state index is 8.97. The lowest BCUT2D eigenvalue weighted by Gasteiger charge is -2.43. The Morgan fingerprint density at radius 1 is 1.21 bits per heavy atom. The first-order chi connectivity index (χ1) is 18.3. The van der Waals surface area contributed by atoms with Gasteiger partial charge in [-0.15, -0.1) is 0 Å². The molecule has 10 heteroatoms. The molecule has 2 aromatic rings. The van der Waals surface area contributed by atoms with Gasteiger partial charge in [-0.1, -0.05) is 0 Å². The van der Waals surface area contributed by atoms with Crippen LogP contribution >= 0.6 is 0 Å². The van der Waals surface area contributed by atoms with Crippen LogP contribution in [0.1, 0.15) is 45.4 Å². The van der Waals surface area contributed by atoms with Gasteiger partial charge >= 0.3 is 0 Å². The summed E-state index contributed by atoms with van der Waals surface area (Å²) in [4.78, 5) is 12.0. The number of rotatable bonds is 9. The van der Waals surface area contributed by atoms with E-state index in [1.165, 1.54) is 0 Å². The predicted octanol–water partition coefficient (Wildman–Crippen LogP) is 3.47. The Labute approximate surface area is 225 Å².